The van der Waals surface area contributed by atoms with Crippen LogP contribution in [0, 0.1) is 0 Å². The second kappa shape index (κ2) is 7.07. The molecule has 5 nitrogen and oxygen atoms in total. The summed E-state index contributed by atoms with van der Waals surface area (Å²) in [6.45, 7) is 13.0. The lowest BCUT2D eigenvalue weighted by molar-refractivity contribution is -0.135. The van der Waals surface area contributed by atoms with Crippen LogP contribution in [0.3, 0.4) is 0 Å². The highest BCUT2D eigenvalue weighted by atomic mass is 16.5. The molecule has 0 aromatic carbocycles. The van der Waals surface area contributed by atoms with Gasteiger partial charge in [-0.15, -0.1) is 0 Å². The SMILES string of the molecule is CCCC1NC(C)(CC)C(=O)N1C(C)CN1CCOCC1. The highest BCUT2D eigenvalue weighted by molar-refractivity contribution is 5.88. The van der Waals surface area contributed by atoms with Crippen molar-refractivity contribution in [3.05, 3.63) is 0 Å². The largest absolute Gasteiger partial charge is 0.379 e. The molecule has 0 spiro atoms. The molecular weight excluding hydrogens is 266 g/mol. The summed E-state index contributed by atoms with van der Waals surface area (Å²) in [5, 5.41) is 3.57. The Labute approximate surface area is 129 Å². The third kappa shape index (κ3) is 3.58. The number of morpholine rings is 1. The minimum Gasteiger partial charge on any atom is -0.379 e. The first-order valence-electron chi connectivity index (χ1n) is 8.42. The average molecular weight is 297 g/mol. The molecule has 3 atom stereocenters. The maximum Gasteiger partial charge on any atom is 0.244 e. The number of ether oxygens (including phenoxy) is 1. The maximum atomic E-state index is 12.8. The van der Waals surface area contributed by atoms with E-state index in [1.54, 1.807) is 0 Å². The van der Waals surface area contributed by atoms with E-state index in [4.69, 9.17) is 4.74 Å². The fourth-order valence-corrected chi connectivity index (χ4v) is 3.42. The summed E-state index contributed by atoms with van der Waals surface area (Å²) in [4.78, 5) is 17.4. The highest BCUT2D eigenvalue weighted by Gasteiger charge is 2.47. The van der Waals surface area contributed by atoms with E-state index in [1.165, 1.54) is 0 Å². The van der Waals surface area contributed by atoms with Crippen molar-refractivity contribution in [2.75, 3.05) is 32.8 Å². The molecule has 0 saturated carbocycles. The van der Waals surface area contributed by atoms with E-state index in [-0.39, 0.29) is 23.7 Å². The van der Waals surface area contributed by atoms with Gasteiger partial charge in [-0.2, -0.15) is 0 Å². The minimum atomic E-state index is -0.390. The smallest absolute Gasteiger partial charge is 0.244 e. The molecule has 0 bridgehead atoms. The number of hydrogen-bond donors (Lipinski definition) is 1. The maximum absolute atomic E-state index is 12.8. The molecule has 122 valence electrons. The molecule has 2 saturated heterocycles. The van der Waals surface area contributed by atoms with Gasteiger partial charge >= 0.3 is 0 Å². The molecule has 2 rings (SSSR count). The third-order valence-electron chi connectivity index (χ3n) is 4.90. The number of amides is 1. The number of nitrogens with one attached hydrogen (secondary N) is 1. The van der Waals surface area contributed by atoms with Crippen molar-refractivity contribution in [1.82, 2.24) is 15.1 Å². The Morgan fingerprint density at radius 1 is 1.38 bits per heavy atom. The van der Waals surface area contributed by atoms with E-state index in [0.717, 1.165) is 52.1 Å². The molecule has 21 heavy (non-hydrogen) atoms. The molecule has 2 aliphatic rings. The van der Waals surface area contributed by atoms with Gasteiger partial charge in [-0.25, -0.2) is 0 Å². The highest BCUT2D eigenvalue weighted by Crippen LogP contribution is 2.28. The van der Waals surface area contributed by atoms with Gasteiger partial charge in [0.25, 0.3) is 0 Å². The Morgan fingerprint density at radius 2 is 2.05 bits per heavy atom. The standard InChI is InChI=1S/C16H31N3O2/c1-5-7-14-17-16(4,6-2)15(20)19(14)13(3)12-18-8-10-21-11-9-18/h13-14,17H,5-12H2,1-4H3. The Hall–Kier alpha value is -0.650. The summed E-state index contributed by atoms with van der Waals surface area (Å²) >= 11 is 0. The van der Waals surface area contributed by atoms with Crippen LogP contribution in [-0.2, 0) is 9.53 Å². The van der Waals surface area contributed by atoms with Crippen LogP contribution in [0.1, 0.15) is 47.0 Å². The Morgan fingerprint density at radius 3 is 2.62 bits per heavy atom. The predicted octanol–water partition coefficient (Wildman–Crippen LogP) is 1.43. The van der Waals surface area contributed by atoms with Gasteiger partial charge in [-0.1, -0.05) is 20.3 Å². The van der Waals surface area contributed by atoms with Gasteiger partial charge in [-0.05, 0) is 26.7 Å². The summed E-state index contributed by atoms with van der Waals surface area (Å²) in [7, 11) is 0. The first-order chi connectivity index (χ1) is 10.0. The van der Waals surface area contributed by atoms with Crippen molar-refractivity contribution >= 4 is 5.91 Å². The number of carbonyl (C=O) groups is 1. The molecule has 1 N–H and O–H groups in total. The van der Waals surface area contributed by atoms with Crippen LogP contribution in [0.2, 0.25) is 0 Å². The van der Waals surface area contributed by atoms with Crippen LogP contribution >= 0.6 is 0 Å². The van der Waals surface area contributed by atoms with Gasteiger partial charge in [-0.3, -0.25) is 15.0 Å². The second-order valence-electron chi connectivity index (χ2n) is 6.61. The lowest BCUT2D eigenvalue weighted by Crippen LogP contribution is -2.50. The number of hydrogen-bond acceptors (Lipinski definition) is 4. The van der Waals surface area contributed by atoms with Gasteiger partial charge in [0.05, 0.1) is 24.9 Å². The minimum absolute atomic E-state index is 0.184. The average Bonchev–Trinajstić information content (AvgIpc) is 2.72. The van der Waals surface area contributed by atoms with E-state index in [0.29, 0.717) is 0 Å². The van der Waals surface area contributed by atoms with E-state index < -0.39 is 0 Å². The third-order valence-corrected chi connectivity index (χ3v) is 4.90. The molecule has 2 aliphatic heterocycles. The van der Waals surface area contributed by atoms with Crippen LogP contribution in [0.5, 0.6) is 0 Å². The summed E-state index contributed by atoms with van der Waals surface area (Å²) in [6, 6.07) is 0.244. The molecule has 2 heterocycles. The quantitative estimate of drug-likeness (QED) is 0.806. The fourth-order valence-electron chi connectivity index (χ4n) is 3.42. The van der Waals surface area contributed by atoms with E-state index >= 15 is 0 Å². The van der Waals surface area contributed by atoms with E-state index in [2.05, 4.69) is 35.9 Å². The molecule has 5 heteroatoms. The van der Waals surface area contributed by atoms with Crippen molar-refractivity contribution in [3.8, 4) is 0 Å². The lowest BCUT2D eigenvalue weighted by atomic mass is 9.99. The first kappa shape index (κ1) is 16.7. The van der Waals surface area contributed by atoms with Gasteiger partial charge < -0.3 is 9.64 Å². The zero-order valence-electron chi connectivity index (χ0n) is 14.0. The Balaban J connectivity index is 2.04. The lowest BCUT2D eigenvalue weighted by Gasteiger charge is -2.35. The molecule has 0 aromatic heterocycles. The number of carbonyl (C=O) groups excluding carboxylic acids is 1. The predicted molar refractivity (Wildman–Crippen MR) is 84.1 cm³/mol. The summed E-state index contributed by atoms with van der Waals surface area (Å²) in [5.41, 5.74) is -0.390. The topological polar surface area (TPSA) is 44.8 Å². The van der Waals surface area contributed by atoms with Crippen molar-refractivity contribution in [3.63, 3.8) is 0 Å². The van der Waals surface area contributed by atoms with Gasteiger partial charge in [0.2, 0.25) is 5.91 Å². The normalized spacial score (nSPS) is 32.7. The number of rotatable bonds is 6. The molecule has 0 aromatic rings. The Bertz CT molecular complexity index is 357. The van der Waals surface area contributed by atoms with Crippen molar-refractivity contribution in [2.45, 2.75) is 64.7 Å². The van der Waals surface area contributed by atoms with Crippen molar-refractivity contribution in [1.29, 1.82) is 0 Å². The monoisotopic (exact) mass is 297 g/mol. The van der Waals surface area contributed by atoms with Crippen LogP contribution in [0.15, 0.2) is 0 Å². The van der Waals surface area contributed by atoms with Crippen LogP contribution in [0.25, 0.3) is 0 Å². The van der Waals surface area contributed by atoms with Gasteiger partial charge in [0.15, 0.2) is 0 Å². The van der Waals surface area contributed by atoms with Crippen molar-refractivity contribution < 1.29 is 9.53 Å². The summed E-state index contributed by atoms with van der Waals surface area (Å²) in [6.07, 6.45) is 3.14. The molecule has 2 fully saturated rings. The Kier molecular flexibility index (Phi) is 5.63. The zero-order valence-corrected chi connectivity index (χ0v) is 14.0. The molecule has 3 unspecified atom stereocenters. The molecule has 0 radical (unpaired) electrons. The summed E-state index contributed by atoms with van der Waals surface area (Å²) in [5.74, 6) is 0.268. The van der Waals surface area contributed by atoms with Crippen LogP contribution in [-0.4, -0.2) is 66.3 Å². The molecule has 0 aliphatic carbocycles. The first-order valence-corrected chi connectivity index (χ1v) is 8.42. The molecule has 1 amide bonds. The van der Waals surface area contributed by atoms with E-state index in [9.17, 15) is 4.79 Å². The van der Waals surface area contributed by atoms with Gasteiger partial charge in [0.1, 0.15) is 0 Å². The van der Waals surface area contributed by atoms with Crippen LogP contribution < -0.4 is 5.32 Å². The molecular formula is C16H31N3O2. The van der Waals surface area contributed by atoms with Gasteiger partial charge in [0, 0.05) is 25.7 Å². The van der Waals surface area contributed by atoms with E-state index in [1.807, 2.05) is 6.92 Å². The van der Waals surface area contributed by atoms with Crippen LogP contribution in [0.4, 0.5) is 0 Å². The zero-order chi connectivity index (χ0) is 15.5. The van der Waals surface area contributed by atoms with Crippen molar-refractivity contribution in [2.24, 2.45) is 0 Å². The second-order valence-corrected chi connectivity index (χ2v) is 6.61. The fraction of sp³-hybridized carbons (Fsp3) is 0.938. The number of nitrogens with zero attached hydrogens (tertiary/aromatic N) is 2. The summed E-state index contributed by atoms with van der Waals surface area (Å²) < 4.78 is 5.40.